The van der Waals surface area contributed by atoms with Crippen LogP contribution in [-0.2, 0) is 0 Å². The van der Waals surface area contributed by atoms with Crippen molar-refractivity contribution in [3.8, 4) is 0 Å². The molecule has 11 heavy (non-hydrogen) atoms. The molecule has 0 aromatic rings. The molecule has 66 valence electrons. The van der Waals surface area contributed by atoms with Crippen molar-refractivity contribution in [3.63, 3.8) is 0 Å². The number of rotatable bonds is 4. The van der Waals surface area contributed by atoms with E-state index in [0.29, 0.717) is 25.9 Å². The Balaban J connectivity index is 2.52. The highest BCUT2D eigenvalue weighted by molar-refractivity contribution is 4.86. The summed E-state index contributed by atoms with van der Waals surface area (Å²) in [6, 6.07) is -2.54. The molecular formula is C8H15F2N. The maximum absolute atomic E-state index is 13.2. The SMILES string of the molecule is CCN(CC)C(F)(F)C1CC1. The van der Waals surface area contributed by atoms with Gasteiger partial charge in [0.25, 0.3) is 0 Å². The molecule has 0 saturated heterocycles. The minimum absolute atomic E-state index is 0.359. The predicted molar refractivity (Wildman–Crippen MR) is 40.6 cm³/mol. The Labute approximate surface area is 66.4 Å². The second kappa shape index (κ2) is 3.05. The van der Waals surface area contributed by atoms with Crippen molar-refractivity contribution >= 4 is 0 Å². The smallest absolute Gasteiger partial charge is 0.245 e. The molecule has 0 aromatic heterocycles. The summed E-state index contributed by atoms with van der Waals surface area (Å²) in [6.07, 6.45) is 1.40. The van der Waals surface area contributed by atoms with Gasteiger partial charge in [-0.25, -0.2) is 4.90 Å². The lowest BCUT2D eigenvalue weighted by molar-refractivity contribution is -0.159. The van der Waals surface area contributed by atoms with Crippen LogP contribution in [0.4, 0.5) is 8.78 Å². The molecular weight excluding hydrogens is 148 g/mol. The Morgan fingerprint density at radius 3 is 2.00 bits per heavy atom. The lowest BCUT2D eigenvalue weighted by Gasteiger charge is -2.28. The third kappa shape index (κ3) is 1.70. The topological polar surface area (TPSA) is 3.24 Å². The molecule has 0 radical (unpaired) electrons. The Bertz CT molecular complexity index is 128. The monoisotopic (exact) mass is 163 g/mol. The van der Waals surface area contributed by atoms with E-state index in [1.807, 2.05) is 0 Å². The molecule has 0 unspecified atom stereocenters. The molecule has 1 aliphatic carbocycles. The summed E-state index contributed by atoms with van der Waals surface area (Å²) in [5, 5.41) is 0. The fourth-order valence-corrected chi connectivity index (χ4v) is 1.33. The van der Waals surface area contributed by atoms with Crippen LogP contribution in [0.15, 0.2) is 0 Å². The number of hydrogen-bond acceptors (Lipinski definition) is 1. The van der Waals surface area contributed by atoms with Crippen LogP contribution in [0.25, 0.3) is 0 Å². The second-order valence-electron chi connectivity index (χ2n) is 3.03. The average Bonchev–Trinajstić information content (AvgIpc) is 2.69. The molecule has 1 saturated carbocycles. The maximum atomic E-state index is 13.2. The standard InChI is InChI=1S/C8H15F2N/c1-3-11(4-2)8(9,10)7-5-6-7/h7H,3-6H2,1-2H3. The third-order valence-electron chi connectivity index (χ3n) is 2.25. The lowest BCUT2D eigenvalue weighted by atomic mass is 10.3. The Morgan fingerprint density at radius 1 is 1.27 bits per heavy atom. The molecule has 0 amide bonds. The first-order chi connectivity index (χ1) is 5.12. The van der Waals surface area contributed by atoms with Crippen LogP contribution in [0.2, 0.25) is 0 Å². The molecule has 0 aromatic carbocycles. The van der Waals surface area contributed by atoms with E-state index in [1.165, 1.54) is 4.90 Å². The van der Waals surface area contributed by atoms with Crippen LogP contribution in [0.5, 0.6) is 0 Å². The van der Waals surface area contributed by atoms with Crippen molar-refractivity contribution in [2.45, 2.75) is 32.7 Å². The van der Waals surface area contributed by atoms with Gasteiger partial charge in [-0.1, -0.05) is 13.8 Å². The normalized spacial score (nSPS) is 19.4. The molecule has 0 spiro atoms. The van der Waals surface area contributed by atoms with E-state index in [9.17, 15) is 8.78 Å². The van der Waals surface area contributed by atoms with Gasteiger partial charge in [-0.2, -0.15) is 8.78 Å². The van der Waals surface area contributed by atoms with E-state index in [-0.39, 0.29) is 5.92 Å². The van der Waals surface area contributed by atoms with E-state index in [2.05, 4.69) is 0 Å². The summed E-state index contributed by atoms with van der Waals surface area (Å²) < 4.78 is 26.4. The fourth-order valence-electron chi connectivity index (χ4n) is 1.33. The van der Waals surface area contributed by atoms with E-state index in [0.717, 1.165) is 0 Å². The quantitative estimate of drug-likeness (QED) is 0.575. The number of hydrogen-bond donors (Lipinski definition) is 0. The molecule has 1 nitrogen and oxygen atoms in total. The highest BCUT2D eigenvalue weighted by Crippen LogP contribution is 2.44. The van der Waals surface area contributed by atoms with Crippen LogP contribution in [0, 0.1) is 5.92 Å². The van der Waals surface area contributed by atoms with Crippen molar-refractivity contribution in [1.82, 2.24) is 4.90 Å². The maximum Gasteiger partial charge on any atom is 0.307 e. The van der Waals surface area contributed by atoms with Crippen LogP contribution in [0.1, 0.15) is 26.7 Å². The van der Waals surface area contributed by atoms with Crippen molar-refractivity contribution in [2.75, 3.05) is 13.1 Å². The molecule has 0 N–H and O–H groups in total. The predicted octanol–water partition coefficient (Wildman–Crippen LogP) is 2.33. The zero-order valence-electron chi connectivity index (χ0n) is 7.11. The molecule has 3 heteroatoms. The summed E-state index contributed by atoms with van der Waals surface area (Å²) in [5.41, 5.74) is 0. The summed E-state index contributed by atoms with van der Waals surface area (Å²) >= 11 is 0. The van der Waals surface area contributed by atoms with E-state index in [1.54, 1.807) is 13.8 Å². The van der Waals surface area contributed by atoms with Gasteiger partial charge in [0.1, 0.15) is 0 Å². The Hall–Kier alpha value is -0.180. The van der Waals surface area contributed by atoms with Gasteiger partial charge in [0.05, 0.1) is 0 Å². The molecule has 0 atom stereocenters. The summed E-state index contributed by atoms with van der Waals surface area (Å²) in [7, 11) is 0. The van der Waals surface area contributed by atoms with Gasteiger partial charge < -0.3 is 0 Å². The zero-order chi connectivity index (χ0) is 8.48. The second-order valence-corrected chi connectivity index (χ2v) is 3.03. The lowest BCUT2D eigenvalue weighted by Crippen LogP contribution is -2.43. The first-order valence-electron chi connectivity index (χ1n) is 4.25. The summed E-state index contributed by atoms with van der Waals surface area (Å²) in [6.45, 7) is 4.44. The highest BCUT2D eigenvalue weighted by atomic mass is 19.3. The van der Waals surface area contributed by atoms with Gasteiger partial charge in [-0.05, 0) is 12.8 Å². The van der Waals surface area contributed by atoms with E-state index < -0.39 is 6.05 Å². The van der Waals surface area contributed by atoms with Gasteiger partial charge in [0.15, 0.2) is 0 Å². The Morgan fingerprint density at radius 2 is 1.73 bits per heavy atom. The van der Waals surface area contributed by atoms with Gasteiger partial charge in [0.2, 0.25) is 0 Å². The number of nitrogens with zero attached hydrogens (tertiary/aromatic N) is 1. The van der Waals surface area contributed by atoms with Gasteiger partial charge in [-0.3, -0.25) is 0 Å². The minimum atomic E-state index is -2.54. The molecule has 0 aliphatic heterocycles. The average molecular weight is 163 g/mol. The van der Waals surface area contributed by atoms with Crippen LogP contribution >= 0.6 is 0 Å². The van der Waals surface area contributed by atoms with Gasteiger partial charge in [0, 0.05) is 19.0 Å². The van der Waals surface area contributed by atoms with Crippen molar-refractivity contribution in [2.24, 2.45) is 5.92 Å². The number of halogens is 2. The van der Waals surface area contributed by atoms with Crippen molar-refractivity contribution in [1.29, 1.82) is 0 Å². The van der Waals surface area contributed by atoms with E-state index in [4.69, 9.17) is 0 Å². The molecule has 0 bridgehead atoms. The van der Waals surface area contributed by atoms with Crippen LogP contribution in [0.3, 0.4) is 0 Å². The molecule has 1 aliphatic rings. The molecule has 1 rings (SSSR count). The molecule has 0 heterocycles. The van der Waals surface area contributed by atoms with Crippen molar-refractivity contribution < 1.29 is 8.78 Å². The zero-order valence-corrected chi connectivity index (χ0v) is 7.11. The first-order valence-corrected chi connectivity index (χ1v) is 4.25. The largest absolute Gasteiger partial charge is 0.307 e. The van der Waals surface area contributed by atoms with E-state index >= 15 is 0 Å². The van der Waals surface area contributed by atoms with Gasteiger partial charge in [-0.15, -0.1) is 0 Å². The summed E-state index contributed by atoms with van der Waals surface area (Å²) in [5.74, 6) is -0.359. The molecule has 1 fully saturated rings. The van der Waals surface area contributed by atoms with Crippen LogP contribution in [-0.4, -0.2) is 24.0 Å². The third-order valence-corrected chi connectivity index (χ3v) is 2.25. The Kier molecular flexibility index (Phi) is 2.47. The van der Waals surface area contributed by atoms with Gasteiger partial charge >= 0.3 is 6.05 Å². The fraction of sp³-hybridized carbons (Fsp3) is 1.00. The minimum Gasteiger partial charge on any atom is -0.245 e. The van der Waals surface area contributed by atoms with Crippen molar-refractivity contribution in [3.05, 3.63) is 0 Å². The number of alkyl halides is 2. The highest BCUT2D eigenvalue weighted by Gasteiger charge is 2.49. The summed E-state index contributed by atoms with van der Waals surface area (Å²) in [4.78, 5) is 1.24. The van der Waals surface area contributed by atoms with Crippen LogP contribution < -0.4 is 0 Å². The first kappa shape index (κ1) is 8.91.